The van der Waals surface area contributed by atoms with Crippen LogP contribution in [0.15, 0.2) is 34.9 Å². The van der Waals surface area contributed by atoms with Gasteiger partial charge in [-0.3, -0.25) is 4.79 Å². The summed E-state index contributed by atoms with van der Waals surface area (Å²) in [6, 6.07) is 7.96. The maximum atomic E-state index is 11.3. The Morgan fingerprint density at radius 3 is 2.94 bits per heavy atom. The van der Waals surface area contributed by atoms with Crippen LogP contribution in [0.25, 0.3) is 11.0 Å². The molecule has 2 rings (SSSR count). The number of benzene rings is 1. The number of furan rings is 1. The van der Waals surface area contributed by atoms with E-state index in [0.717, 1.165) is 23.0 Å². The summed E-state index contributed by atoms with van der Waals surface area (Å²) in [5, 5.41) is 1.13. The van der Waals surface area contributed by atoms with Gasteiger partial charge < -0.3 is 9.15 Å². The van der Waals surface area contributed by atoms with E-state index in [4.69, 9.17) is 9.15 Å². The van der Waals surface area contributed by atoms with Gasteiger partial charge >= 0.3 is 5.97 Å². The molecular formula is C15H18O3. The summed E-state index contributed by atoms with van der Waals surface area (Å²) in [5.74, 6) is 0.162. The molecule has 1 heterocycles. The molecule has 3 nitrogen and oxygen atoms in total. The van der Waals surface area contributed by atoms with Gasteiger partial charge in [0.1, 0.15) is 5.58 Å². The third-order valence-corrected chi connectivity index (χ3v) is 3.13. The number of carbonyl (C=O) groups is 1. The van der Waals surface area contributed by atoms with E-state index in [1.807, 2.05) is 25.1 Å². The van der Waals surface area contributed by atoms with Crippen molar-refractivity contribution in [3.8, 4) is 0 Å². The molecule has 1 atom stereocenters. The van der Waals surface area contributed by atoms with Gasteiger partial charge in [-0.25, -0.2) is 0 Å². The molecular weight excluding hydrogens is 228 g/mol. The number of para-hydroxylation sites is 1. The number of ether oxygens (including phenoxy) is 1. The first-order valence-corrected chi connectivity index (χ1v) is 6.34. The Balaban J connectivity index is 2.05. The summed E-state index contributed by atoms with van der Waals surface area (Å²) in [7, 11) is 0. The maximum absolute atomic E-state index is 11.3. The van der Waals surface area contributed by atoms with Gasteiger partial charge in [0, 0.05) is 17.4 Å². The monoisotopic (exact) mass is 246 g/mol. The highest BCUT2D eigenvalue weighted by Crippen LogP contribution is 2.30. The smallest absolute Gasteiger partial charge is 0.305 e. The summed E-state index contributed by atoms with van der Waals surface area (Å²) in [5.41, 5.74) is 2.06. The van der Waals surface area contributed by atoms with Crippen LogP contribution in [0.1, 0.15) is 38.2 Å². The number of hydrogen-bond donors (Lipinski definition) is 0. The number of rotatable bonds is 5. The molecule has 0 N–H and O–H groups in total. The SMILES string of the molecule is CCOC(=O)CC[C@H](C)c1coc2ccccc12. The van der Waals surface area contributed by atoms with Gasteiger partial charge in [0.05, 0.1) is 12.9 Å². The molecule has 0 aliphatic heterocycles. The highest BCUT2D eigenvalue weighted by molar-refractivity contribution is 5.81. The largest absolute Gasteiger partial charge is 0.466 e. The van der Waals surface area contributed by atoms with Gasteiger partial charge in [-0.05, 0) is 25.3 Å². The first-order valence-electron chi connectivity index (χ1n) is 6.34. The molecule has 0 saturated heterocycles. The van der Waals surface area contributed by atoms with Crippen LogP contribution in [0.5, 0.6) is 0 Å². The second-order valence-corrected chi connectivity index (χ2v) is 4.43. The van der Waals surface area contributed by atoms with Crippen LogP contribution in [0.4, 0.5) is 0 Å². The lowest BCUT2D eigenvalue weighted by Crippen LogP contribution is -2.05. The van der Waals surface area contributed by atoms with Crippen molar-refractivity contribution in [2.24, 2.45) is 0 Å². The molecule has 0 bridgehead atoms. The quantitative estimate of drug-likeness (QED) is 0.751. The Morgan fingerprint density at radius 1 is 1.39 bits per heavy atom. The van der Waals surface area contributed by atoms with E-state index in [9.17, 15) is 4.79 Å². The molecule has 3 heteroatoms. The molecule has 0 radical (unpaired) electrons. The minimum Gasteiger partial charge on any atom is -0.466 e. The van der Waals surface area contributed by atoms with Crippen LogP contribution >= 0.6 is 0 Å². The highest BCUT2D eigenvalue weighted by Gasteiger charge is 2.14. The standard InChI is InChI=1S/C15H18O3/c1-3-17-15(16)9-8-11(2)13-10-18-14-7-5-4-6-12(13)14/h4-7,10-11H,3,8-9H2,1-2H3/t11-/m0/s1. The average molecular weight is 246 g/mol. The fourth-order valence-electron chi connectivity index (χ4n) is 2.10. The van der Waals surface area contributed by atoms with Crippen molar-refractivity contribution >= 4 is 16.9 Å². The van der Waals surface area contributed by atoms with Crippen LogP contribution in [0.3, 0.4) is 0 Å². The van der Waals surface area contributed by atoms with E-state index in [0.29, 0.717) is 13.0 Å². The Kier molecular flexibility index (Phi) is 4.03. The molecule has 0 saturated carbocycles. The lowest BCUT2D eigenvalue weighted by Gasteiger charge is -2.09. The van der Waals surface area contributed by atoms with Crippen LogP contribution in [0, 0.1) is 0 Å². The fraction of sp³-hybridized carbons (Fsp3) is 0.400. The molecule has 96 valence electrons. The zero-order chi connectivity index (χ0) is 13.0. The first-order chi connectivity index (χ1) is 8.72. The summed E-state index contributed by atoms with van der Waals surface area (Å²) >= 11 is 0. The molecule has 0 aliphatic rings. The van der Waals surface area contributed by atoms with Crippen LogP contribution in [-0.2, 0) is 9.53 Å². The third-order valence-electron chi connectivity index (χ3n) is 3.13. The maximum Gasteiger partial charge on any atom is 0.305 e. The summed E-state index contributed by atoms with van der Waals surface area (Å²) in [6.45, 7) is 4.38. The van der Waals surface area contributed by atoms with E-state index in [1.54, 1.807) is 6.26 Å². The van der Waals surface area contributed by atoms with Crippen molar-refractivity contribution < 1.29 is 13.9 Å². The number of carbonyl (C=O) groups excluding carboxylic acids is 1. The molecule has 0 unspecified atom stereocenters. The van der Waals surface area contributed by atoms with Crippen molar-refractivity contribution in [1.82, 2.24) is 0 Å². The van der Waals surface area contributed by atoms with Crippen LogP contribution in [0.2, 0.25) is 0 Å². The summed E-state index contributed by atoms with van der Waals surface area (Å²) < 4.78 is 10.4. The molecule has 1 aromatic heterocycles. The zero-order valence-corrected chi connectivity index (χ0v) is 10.8. The van der Waals surface area contributed by atoms with Gasteiger partial charge in [-0.15, -0.1) is 0 Å². The van der Waals surface area contributed by atoms with Crippen molar-refractivity contribution in [2.45, 2.75) is 32.6 Å². The molecule has 0 fully saturated rings. The lowest BCUT2D eigenvalue weighted by molar-refractivity contribution is -0.143. The second-order valence-electron chi connectivity index (χ2n) is 4.43. The molecule has 0 aliphatic carbocycles. The lowest BCUT2D eigenvalue weighted by atomic mass is 9.96. The molecule has 18 heavy (non-hydrogen) atoms. The Hall–Kier alpha value is -1.77. The van der Waals surface area contributed by atoms with Gasteiger partial charge in [-0.1, -0.05) is 25.1 Å². The zero-order valence-electron chi connectivity index (χ0n) is 10.8. The topological polar surface area (TPSA) is 39.4 Å². The first kappa shape index (κ1) is 12.7. The van der Waals surface area contributed by atoms with E-state index in [-0.39, 0.29) is 11.9 Å². The summed E-state index contributed by atoms with van der Waals surface area (Å²) in [4.78, 5) is 11.3. The predicted octanol–water partition coefficient (Wildman–Crippen LogP) is 3.88. The van der Waals surface area contributed by atoms with Crippen molar-refractivity contribution in [2.75, 3.05) is 6.61 Å². The molecule has 0 amide bonds. The molecule has 2 aromatic rings. The van der Waals surface area contributed by atoms with E-state index in [1.165, 1.54) is 0 Å². The highest BCUT2D eigenvalue weighted by atomic mass is 16.5. The van der Waals surface area contributed by atoms with E-state index >= 15 is 0 Å². The predicted molar refractivity (Wildman–Crippen MR) is 70.5 cm³/mol. The van der Waals surface area contributed by atoms with E-state index in [2.05, 4.69) is 13.0 Å². The number of esters is 1. The van der Waals surface area contributed by atoms with Gasteiger partial charge in [-0.2, -0.15) is 0 Å². The van der Waals surface area contributed by atoms with Gasteiger partial charge in [0.2, 0.25) is 0 Å². The van der Waals surface area contributed by atoms with Crippen molar-refractivity contribution in [1.29, 1.82) is 0 Å². The number of hydrogen-bond acceptors (Lipinski definition) is 3. The summed E-state index contributed by atoms with van der Waals surface area (Å²) in [6.07, 6.45) is 3.03. The Morgan fingerprint density at radius 2 is 2.17 bits per heavy atom. The second kappa shape index (κ2) is 5.71. The van der Waals surface area contributed by atoms with Gasteiger partial charge in [0.15, 0.2) is 0 Å². The van der Waals surface area contributed by atoms with Crippen molar-refractivity contribution in [3.05, 3.63) is 36.1 Å². The van der Waals surface area contributed by atoms with Crippen LogP contribution in [-0.4, -0.2) is 12.6 Å². The molecule has 1 aromatic carbocycles. The average Bonchev–Trinajstić information content (AvgIpc) is 2.80. The molecule has 0 spiro atoms. The van der Waals surface area contributed by atoms with Crippen molar-refractivity contribution in [3.63, 3.8) is 0 Å². The Bertz CT molecular complexity index is 527. The Labute approximate surface area is 107 Å². The number of fused-ring (bicyclic) bond motifs is 1. The minimum atomic E-state index is -0.128. The van der Waals surface area contributed by atoms with Gasteiger partial charge in [0.25, 0.3) is 0 Å². The fourth-order valence-corrected chi connectivity index (χ4v) is 2.10. The minimum absolute atomic E-state index is 0.128. The van der Waals surface area contributed by atoms with Crippen LogP contribution < -0.4 is 0 Å². The normalized spacial score (nSPS) is 12.6. The van der Waals surface area contributed by atoms with E-state index < -0.39 is 0 Å². The third kappa shape index (κ3) is 2.73.